The normalized spacial score (nSPS) is 15.6. The van der Waals surface area contributed by atoms with Crippen LogP contribution < -0.4 is 5.32 Å². The third kappa shape index (κ3) is 4.14. The van der Waals surface area contributed by atoms with E-state index in [9.17, 15) is 9.00 Å². The first-order valence-electron chi connectivity index (χ1n) is 8.92. The summed E-state index contributed by atoms with van der Waals surface area (Å²) in [5.74, 6) is 1.11. The third-order valence-corrected chi connectivity index (χ3v) is 6.99. The number of carbonyl (C=O) groups is 1. The highest BCUT2D eigenvalue weighted by atomic mass is 32.2. The van der Waals surface area contributed by atoms with Crippen molar-refractivity contribution in [1.82, 2.24) is 9.97 Å². The lowest BCUT2D eigenvalue weighted by Gasteiger charge is -2.07. The molecule has 0 bridgehead atoms. The van der Waals surface area contributed by atoms with E-state index in [2.05, 4.69) is 19.6 Å². The fraction of sp³-hybridized carbons (Fsp3) is 0.250. The summed E-state index contributed by atoms with van der Waals surface area (Å²) < 4.78 is 16.9. The van der Waals surface area contributed by atoms with Crippen molar-refractivity contribution in [3.05, 3.63) is 66.0 Å². The van der Waals surface area contributed by atoms with Gasteiger partial charge in [0.15, 0.2) is 5.65 Å². The second-order valence-electron chi connectivity index (χ2n) is 6.58. The van der Waals surface area contributed by atoms with E-state index in [-0.39, 0.29) is 5.91 Å². The van der Waals surface area contributed by atoms with Crippen molar-refractivity contribution in [2.24, 2.45) is 4.36 Å². The summed E-state index contributed by atoms with van der Waals surface area (Å²) in [7, 11) is -2.03. The first-order valence-corrected chi connectivity index (χ1v) is 10.8. The monoisotopic (exact) mass is 380 g/mol. The van der Waals surface area contributed by atoms with Crippen molar-refractivity contribution in [2.45, 2.75) is 19.4 Å². The van der Waals surface area contributed by atoms with E-state index in [4.69, 9.17) is 0 Å². The van der Waals surface area contributed by atoms with Crippen LogP contribution in [0, 0.1) is 0 Å². The molecule has 1 saturated heterocycles. The molecule has 0 saturated carbocycles. The van der Waals surface area contributed by atoms with Gasteiger partial charge in [0.1, 0.15) is 5.69 Å². The van der Waals surface area contributed by atoms with Gasteiger partial charge in [-0.2, -0.15) is 0 Å². The summed E-state index contributed by atoms with van der Waals surface area (Å²) in [5, 5.41) is 3.75. The first kappa shape index (κ1) is 17.6. The van der Waals surface area contributed by atoms with Crippen LogP contribution in [0.25, 0.3) is 11.0 Å². The smallest absolute Gasteiger partial charge is 0.274 e. The van der Waals surface area contributed by atoms with Crippen LogP contribution in [0.3, 0.4) is 0 Å². The highest BCUT2D eigenvalue weighted by Crippen LogP contribution is 2.17. The van der Waals surface area contributed by atoms with Crippen molar-refractivity contribution in [3.8, 4) is 0 Å². The van der Waals surface area contributed by atoms with E-state index in [1.54, 1.807) is 12.3 Å². The molecule has 2 aromatic heterocycles. The van der Waals surface area contributed by atoms with E-state index < -0.39 is 9.73 Å². The molecule has 1 aliphatic rings. The number of fused-ring (bicyclic) bond motifs is 1. The minimum Gasteiger partial charge on any atom is -0.321 e. The summed E-state index contributed by atoms with van der Waals surface area (Å²) in [5.41, 5.74) is 2.44. The maximum atomic E-state index is 12.5. The maximum absolute atomic E-state index is 12.5. The Morgan fingerprint density at radius 2 is 1.96 bits per heavy atom. The molecule has 0 radical (unpaired) electrons. The Hall–Kier alpha value is -2.80. The van der Waals surface area contributed by atoms with E-state index >= 15 is 0 Å². The minimum absolute atomic E-state index is 0.293. The predicted octanol–water partition coefficient (Wildman–Crippen LogP) is 3.64. The fourth-order valence-corrected chi connectivity index (χ4v) is 5.26. The molecule has 4 rings (SSSR count). The van der Waals surface area contributed by atoms with Gasteiger partial charge in [0.2, 0.25) is 0 Å². The summed E-state index contributed by atoms with van der Waals surface area (Å²) in [6, 6.07) is 14.7. The second-order valence-corrected chi connectivity index (χ2v) is 9.20. The van der Waals surface area contributed by atoms with Gasteiger partial charge in [0, 0.05) is 38.5 Å². The largest absolute Gasteiger partial charge is 0.321 e. The van der Waals surface area contributed by atoms with Crippen molar-refractivity contribution in [3.63, 3.8) is 0 Å². The Morgan fingerprint density at radius 3 is 2.81 bits per heavy atom. The number of rotatable bonds is 4. The zero-order valence-corrected chi connectivity index (χ0v) is 15.6. The van der Waals surface area contributed by atoms with Crippen LogP contribution in [0.5, 0.6) is 0 Å². The lowest BCUT2D eigenvalue weighted by molar-refractivity contribution is 0.102. The Labute approximate surface area is 158 Å². The molecular formula is C20H20N4O2S. The van der Waals surface area contributed by atoms with Crippen LogP contribution in [0.4, 0.5) is 5.69 Å². The SMILES string of the molecule is O=C(Nc1cccc(CN=S2(=O)CCCC2)c1)c1ccc2cccnc2n1. The number of nitrogens with one attached hydrogen (secondary N) is 1. The van der Waals surface area contributed by atoms with Crippen molar-refractivity contribution in [1.29, 1.82) is 0 Å². The van der Waals surface area contributed by atoms with Gasteiger partial charge in [-0.05, 0) is 54.8 Å². The Kier molecular flexibility index (Phi) is 4.85. The summed E-state index contributed by atoms with van der Waals surface area (Å²) in [4.78, 5) is 21.0. The molecular weight excluding hydrogens is 360 g/mol. The van der Waals surface area contributed by atoms with Crippen LogP contribution in [0.1, 0.15) is 28.9 Å². The highest BCUT2D eigenvalue weighted by Gasteiger charge is 2.15. The topological polar surface area (TPSA) is 84.3 Å². The number of benzene rings is 1. The zero-order chi connectivity index (χ0) is 18.7. The van der Waals surface area contributed by atoms with Gasteiger partial charge in [-0.1, -0.05) is 12.1 Å². The third-order valence-electron chi connectivity index (χ3n) is 4.54. The summed E-state index contributed by atoms with van der Waals surface area (Å²) >= 11 is 0. The standard InChI is InChI=1S/C20H20N4O2S/c25-20(18-9-8-16-6-4-10-21-19(16)24-18)23-17-7-3-5-15(13-17)14-22-27(26)11-1-2-12-27/h3-10,13H,1-2,11-12,14H2,(H,23,25). The number of hydrogen-bond acceptors (Lipinski definition) is 5. The Balaban J connectivity index is 1.50. The number of hydrogen-bond donors (Lipinski definition) is 1. The quantitative estimate of drug-likeness (QED) is 0.749. The number of amides is 1. The second kappa shape index (κ2) is 7.44. The Bertz CT molecular complexity index is 1110. The molecule has 6 nitrogen and oxygen atoms in total. The lowest BCUT2D eigenvalue weighted by atomic mass is 10.2. The van der Waals surface area contributed by atoms with E-state index in [1.165, 1.54) is 0 Å². The van der Waals surface area contributed by atoms with E-state index in [0.29, 0.717) is 35.1 Å². The average molecular weight is 380 g/mol. The molecule has 1 aliphatic heterocycles. The van der Waals surface area contributed by atoms with Crippen LogP contribution in [-0.4, -0.2) is 31.6 Å². The van der Waals surface area contributed by atoms with Crippen LogP contribution >= 0.6 is 0 Å². The molecule has 1 amide bonds. The summed E-state index contributed by atoms with van der Waals surface area (Å²) in [6.45, 7) is 0.403. The summed E-state index contributed by atoms with van der Waals surface area (Å²) in [6.07, 6.45) is 3.64. The zero-order valence-electron chi connectivity index (χ0n) is 14.8. The molecule has 0 unspecified atom stereocenters. The van der Waals surface area contributed by atoms with Gasteiger partial charge in [-0.25, -0.2) is 18.5 Å². The molecule has 1 N–H and O–H groups in total. The fourth-order valence-electron chi connectivity index (χ4n) is 3.10. The van der Waals surface area contributed by atoms with Crippen LogP contribution in [0.2, 0.25) is 0 Å². The van der Waals surface area contributed by atoms with E-state index in [0.717, 1.165) is 23.8 Å². The molecule has 0 spiro atoms. The number of pyridine rings is 2. The average Bonchev–Trinajstić information content (AvgIpc) is 3.13. The van der Waals surface area contributed by atoms with Crippen molar-refractivity contribution in [2.75, 3.05) is 16.8 Å². The highest BCUT2D eigenvalue weighted by molar-refractivity contribution is 7.93. The molecule has 1 fully saturated rings. The van der Waals surface area contributed by atoms with Gasteiger partial charge >= 0.3 is 0 Å². The molecule has 0 atom stereocenters. The number of anilines is 1. The van der Waals surface area contributed by atoms with Crippen molar-refractivity contribution < 1.29 is 9.00 Å². The van der Waals surface area contributed by atoms with E-state index in [1.807, 2.05) is 42.5 Å². The van der Waals surface area contributed by atoms with Crippen LogP contribution in [-0.2, 0) is 16.3 Å². The molecule has 0 aliphatic carbocycles. The number of aromatic nitrogens is 2. The molecule has 3 aromatic rings. The van der Waals surface area contributed by atoms with Crippen LogP contribution in [0.15, 0.2) is 59.1 Å². The van der Waals surface area contributed by atoms with Gasteiger partial charge < -0.3 is 5.32 Å². The van der Waals surface area contributed by atoms with Gasteiger partial charge in [0.25, 0.3) is 5.91 Å². The maximum Gasteiger partial charge on any atom is 0.274 e. The predicted molar refractivity (Wildman–Crippen MR) is 107 cm³/mol. The molecule has 138 valence electrons. The minimum atomic E-state index is -2.03. The molecule has 27 heavy (non-hydrogen) atoms. The first-order chi connectivity index (χ1) is 13.1. The molecule has 3 heterocycles. The molecule has 1 aromatic carbocycles. The van der Waals surface area contributed by atoms with Gasteiger partial charge in [-0.15, -0.1) is 0 Å². The van der Waals surface area contributed by atoms with Crippen molar-refractivity contribution >= 4 is 32.4 Å². The lowest BCUT2D eigenvalue weighted by Crippen LogP contribution is -2.14. The molecule has 7 heteroatoms. The van der Waals surface area contributed by atoms with Gasteiger partial charge in [0.05, 0.1) is 6.54 Å². The number of carbonyl (C=O) groups excluding carboxylic acids is 1. The van der Waals surface area contributed by atoms with Gasteiger partial charge in [-0.3, -0.25) is 4.79 Å². The number of nitrogens with zero attached hydrogens (tertiary/aromatic N) is 3. The Morgan fingerprint density at radius 1 is 1.11 bits per heavy atom.